The van der Waals surface area contributed by atoms with Crippen molar-refractivity contribution in [2.75, 3.05) is 27.3 Å². The van der Waals surface area contributed by atoms with E-state index in [-0.39, 0.29) is 23.7 Å². The van der Waals surface area contributed by atoms with Crippen LogP contribution in [0.4, 0.5) is 0 Å². The molecule has 1 aliphatic rings. The van der Waals surface area contributed by atoms with Gasteiger partial charge in [0.05, 0.1) is 25.1 Å². The van der Waals surface area contributed by atoms with E-state index in [4.69, 9.17) is 15.2 Å². The number of nitrogens with two attached hydrogens (primary N) is 1. The number of piperidine rings is 1. The quantitative estimate of drug-likeness (QED) is 0.614. The Kier molecular flexibility index (Phi) is 5.52. The first-order valence-electron chi connectivity index (χ1n) is 9.73. The standard InChI is InChI=1S/C20H25N5O4S/c1-11-22-20-25(23-11)19(27)17(30-20)16(24-8-6-12(7-9-24)18(21)26)13-4-5-14(28-2)15(10-13)29-3/h4-5,10,12,16,27H,6-9H2,1-3H3,(H2,21,26)/t16-/m1/s1. The minimum atomic E-state index is -0.255. The number of hydrogen-bond donors (Lipinski definition) is 2. The predicted octanol–water partition coefficient (Wildman–Crippen LogP) is 2.11. The van der Waals surface area contributed by atoms with Crippen LogP contribution in [-0.4, -0.2) is 57.8 Å². The number of methoxy groups -OCH3 is 2. The molecule has 3 N–H and O–H groups in total. The minimum absolute atomic E-state index is 0.0763. The minimum Gasteiger partial charge on any atom is -0.493 e. The zero-order valence-electron chi connectivity index (χ0n) is 17.2. The molecule has 1 aliphatic heterocycles. The van der Waals surface area contributed by atoms with E-state index in [1.807, 2.05) is 18.2 Å². The van der Waals surface area contributed by atoms with E-state index in [9.17, 15) is 9.90 Å². The number of carbonyl (C=O) groups is 1. The van der Waals surface area contributed by atoms with Gasteiger partial charge in [0, 0.05) is 5.92 Å². The number of hydrogen-bond acceptors (Lipinski definition) is 8. The van der Waals surface area contributed by atoms with E-state index >= 15 is 0 Å². The summed E-state index contributed by atoms with van der Waals surface area (Å²) in [7, 11) is 3.19. The van der Waals surface area contributed by atoms with Crippen molar-refractivity contribution in [2.24, 2.45) is 11.7 Å². The third-order valence-electron chi connectivity index (χ3n) is 5.57. The predicted molar refractivity (Wildman–Crippen MR) is 112 cm³/mol. The van der Waals surface area contributed by atoms with Crippen LogP contribution in [0.25, 0.3) is 4.96 Å². The van der Waals surface area contributed by atoms with Crippen molar-refractivity contribution < 1.29 is 19.4 Å². The Bertz CT molecular complexity index is 1070. The van der Waals surface area contributed by atoms with Crippen LogP contribution in [0.15, 0.2) is 18.2 Å². The van der Waals surface area contributed by atoms with Crippen LogP contribution >= 0.6 is 11.3 Å². The van der Waals surface area contributed by atoms with Gasteiger partial charge in [-0.25, -0.2) is 4.98 Å². The van der Waals surface area contributed by atoms with Crippen molar-refractivity contribution in [2.45, 2.75) is 25.8 Å². The van der Waals surface area contributed by atoms with Gasteiger partial charge in [0.25, 0.3) is 0 Å². The summed E-state index contributed by atoms with van der Waals surface area (Å²) in [6, 6.07) is 5.50. The van der Waals surface area contributed by atoms with Crippen LogP contribution in [0.1, 0.15) is 35.1 Å². The topological polar surface area (TPSA) is 115 Å². The number of aryl methyl sites for hydroxylation is 1. The van der Waals surface area contributed by atoms with Crippen molar-refractivity contribution in [3.8, 4) is 17.4 Å². The van der Waals surface area contributed by atoms with Crippen LogP contribution in [0.2, 0.25) is 0 Å². The molecule has 0 saturated carbocycles. The summed E-state index contributed by atoms with van der Waals surface area (Å²) >= 11 is 1.41. The summed E-state index contributed by atoms with van der Waals surface area (Å²) in [4.78, 5) is 19.6. The average Bonchev–Trinajstić information content (AvgIpc) is 3.25. The highest BCUT2D eigenvalue weighted by Gasteiger charge is 2.33. The highest BCUT2D eigenvalue weighted by molar-refractivity contribution is 7.17. The van der Waals surface area contributed by atoms with Crippen LogP contribution < -0.4 is 15.2 Å². The van der Waals surface area contributed by atoms with E-state index < -0.39 is 0 Å². The molecule has 10 heteroatoms. The maximum Gasteiger partial charge on any atom is 0.230 e. The molecule has 1 aromatic carbocycles. The molecule has 1 saturated heterocycles. The normalized spacial score (nSPS) is 16.6. The van der Waals surface area contributed by atoms with E-state index in [0.29, 0.717) is 48.2 Å². The third kappa shape index (κ3) is 3.56. The Labute approximate surface area is 178 Å². The van der Waals surface area contributed by atoms with Gasteiger partial charge in [-0.2, -0.15) is 4.52 Å². The largest absolute Gasteiger partial charge is 0.493 e. The molecule has 160 valence electrons. The van der Waals surface area contributed by atoms with Gasteiger partial charge >= 0.3 is 0 Å². The van der Waals surface area contributed by atoms with Crippen molar-refractivity contribution in [3.05, 3.63) is 34.5 Å². The number of carbonyl (C=O) groups excluding carboxylic acids is 1. The molecule has 0 spiro atoms. The van der Waals surface area contributed by atoms with Crippen molar-refractivity contribution >= 4 is 22.2 Å². The Hall–Kier alpha value is -2.85. The van der Waals surface area contributed by atoms with Gasteiger partial charge in [0.15, 0.2) is 11.5 Å². The molecule has 0 aliphatic carbocycles. The molecule has 0 radical (unpaired) electrons. The number of aromatic nitrogens is 3. The summed E-state index contributed by atoms with van der Waals surface area (Å²) in [6.45, 7) is 3.15. The fourth-order valence-electron chi connectivity index (χ4n) is 4.02. The molecular formula is C20H25N5O4S. The lowest BCUT2D eigenvalue weighted by Crippen LogP contribution is -2.40. The van der Waals surface area contributed by atoms with Gasteiger partial charge in [0.1, 0.15) is 5.82 Å². The average molecular weight is 432 g/mol. The molecule has 30 heavy (non-hydrogen) atoms. The fraction of sp³-hybridized carbons (Fsp3) is 0.450. The molecule has 3 aromatic rings. The monoisotopic (exact) mass is 431 g/mol. The smallest absolute Gasteiger partial charge is 0.230 e. The van der Waals surface area contributed by atoms with Crippen LogP contribution in [0, 0.1) is 12.8 Å². The SMILES string of the molecule is COc1ccc([C@H](c2sc3nc(C)nn3c2O)N2CCC(C(N)=O)CC2)cc1OC. The Morgan fingerprint density at radius 2 is 1.97 bits per heavy atom. The highest BCUT2D eigenvalue weighted by atomic mass is 32.1. The van der Waals surface area contributed by atoms with Crippen molar-refractivity contribution in [3.63, 3.8) is 0 Å². The number of fused-ring (bicyclic) bond motifs is 1. The molecule has 1 atom stereocenters. The van der Waals surface area contributed by atoms with Crippen molar-refractivity contribution in [1.29, 1.82) is 0 Å². The number of nitrogens with zero attached hydrogens (tertiary/aromatic N) is 4. The third-order valence-corrected chi connectivity index (χ3v) is 6.65. The van der Waals surface area contributed by atoms with E-state index in [1.54, 1.807) is 21.1 Å². The van der Waals surface area contributed by atoms with Crippen LogP contribution in [-0.2, 0) is 4.79 Å². The van der Waals surface area contributed by atoms with E-state index in [1.165, 1.54) is 15.9 Å². The Morgan fingerprint density at radius 3 is 2.57 bits per heavy atom. The number of primary amides is 1. The molecule has 0 unspecified atom stereocenters. The van der Waals surface area contributed by atoms with Gasteiger partial charge in [-0.3, -0.25) is 9.69 Å². The number of aromatic hydroxyl groups is 1. The summed E-state index contributed by atoms with van der Waals surface area (Å²) < 4.78 is 12.3. The summed E-state index contributed by atoms with van der Waals surface area (Å²) in [5, 5.41) is 15.2. The fourth-order valence-corrected chi connectivity index (χ4v) is 5.18. The molecule has 2 aromatic heterocycles. The number of benzene rings is 1. The van der Waals surface area contributed by atoms with Crippen LogP contribution in [0.5, 0.6) is 17.4 Å². The second-order valence-corrected chi connectivity index (χ2v) is 8.38. The maximum atomic E-state index is 11.6. The lowest BCUT2D eigenvalue weighted by atomic mass is 9.93. The molecule has 0 bridgehead atoms. The zero-order valence-corrected chi connectivity index (χ0v) is 18.0. The highest BCUT2D eigenvalue weighted by Crippen LogP contribution is 2.43. The van der Waals surface area contributed by atoms with Gasteiger partial charge in [-0.15, -0.1) is 5.10 Å². The van der Waals surface area contributed by atoms with E-state index in [2.05, 4.69) is 15.0 Å². The first-order chi connectivity index (χ1) is 14.4. The first-order valence-corrected chi connectivity index (χ1v) is 10.5. The number of rotatable bonds is 6. The second-order valence-electron chi connectivity index (χ2n) is 7.37. The number of ether oxygens (including phenoxy) is 2. The summed E-state index contributed by atoms with van der Waals surface area (Å²) in [6.07, 6.45) is 1.36. The van der Waals surface area contributed by atoms with Gasteiger partial charge in [-0.05, 0) is 50.6 Å². The molecule has 3 heterocycles. The zero-order chi connectivity index (χ0) is 21.4. The molecule has 4 rings (SSSR count). The second kappa shape index (κ2) is 8.11. The van der Waals surface area contributed by atoms with Gasteiger partial charge < -0.3 is 20.3 Å². The number of likely N-dealkylation sites (tertiary alicyclic amines) is 1. The lowest BCUT2D eigenvalue weighted by molar-refractivity contribution is -0.123. The maximum absolute atomic E-state index is 11.6. The van der Waals surface area contributed by atoms with E-state index in [0.717, 1.165) is 10.4 Å². The molecule has 9 nitrogen and oxygen atoms in total. The van der Waals surface area contributed by atoms with Crippen molar-refractivity contribution in [1.82, 2.24) is 19.5 Å². The molecular weight excluding hydrogens is 406 g/mol. The lowest BCUT2D eigenvalue weighted by Gasteiger charge is -2.36. The van der Waals surface area contributed by atoms with Gasteiger partial charge in [-0.1, -0.05) is 17.4 Å². The Balaban J connectivity index is 1.78. The number of amides is 1. The summed E-state index contributed by atoms with van der Waals surface area (Å²) in [5.74, 6) is 1.55. The van der Waals surface area contributed by atoms with Gasteiger partial charge in [0.2, 0.25) is 16.7 Å². The van der Waals surface area contributed by atoms with Crippen LogP contribution in [0.3, 0.4) is 0 Å². The molecule has 1 amide bonds. The number of thiazole rings is 1. The summed E-state index contributed by atoms with van der Waals surface area (Å²) in [5.41, 5.74) is 6.46. The Morgan fingerprint density at radius 1 is 1.27 bits per heavy atom. The molecule has 1 fully saturated rings. The first kappa shape index (κ1) is 20.4.